The molecule has 150 valence electrons. The Bertz CT molecular complexity index is 980. The van der Waals surface area contributed by atoms with Crippen molar-refractivity contribution in [2.45, 2.75) is 32.7 Å². The Morgan fingerprint density at radius 3 is 2.62 bits per heavy atom. The fourth-order valence-corrected chi connectivity index (χ4v) is 4.82. The van der Waals surface area contributed by atoms with Crippen LogP contribution in [-0.2, 0) is 6.54 Å². The van der Waals surface area contributed by atoms with Gasteiger partial charge in [-0.1, -0.05) is 24.3 Å². The average Bonchev–Trinajstić information content (AvgIpc) is 3.16. The van der Waals surface area contributed by atoms with E-state index in [4.69, 9.17) is 0 Å². The number of hydrogen-bond donors (Lipinski definition) is 0. The van der Waals surface area contributed by atoms with Crippen LogP contribution in [0.25, 0.3) is 10.7 Å². The molecule has 1 amide bonds. The topological polar surface area (TPSA) is 49.3 Å². The minimum atomic E-state index is 0.00984. The van der Waals surface area contributed by atoms with Gasteiger partial charge in [0.05, 0.1) is 11.4 Å². The molecule has 1 aliphatic rings. The standard InChI is InChI=1S/C23H26N4OS/c1-17-21(29-22(25-17)19-11-6-7-13-24-19)23(28)26(2)16-18-10-4-5-12-20(18)27-14-8-3-9-15-27/h4-7,10-13H,3,8-9,14-16H2,1-2H3. The van der Waals surface area contributed by atoms with Crippen molar-refractivity contribution < 1.29 is 4.79 Å². The fraction of sp³-hybridized carbons (Fsp3) is 0.348. The number of pyridine rings is 1. The van der Waals surface area contributed by atoms with Gasteiger partial charge in [0.1, 0.15) is 9.88 Å². The monoisotopic (exact) mass is 406 g/mol. The average molecular weight is 407 g/mol. The van der Waals surface area contributed by atoms with Crippen molar-refractivity contribution >= 4 is 22.9 Å². The normalized spacial score (nSPS) is 14.1. The molecule has 0 aliphatic carbocycles. The van der Waals surface area contributed by atoms with Crippen LogP contribution in [0.5, 0.6) is 0 Å². The molecular formula is C23H26N4OS. The van der Waals surface area contributed by atoms with Crippen LogP contribution in [0.15, 0.2) is 48.7 Å². The SMILES string of the molecule is Cc1nc(-c2ccccn2)sc1C(=O)N(C)Cc1ccccc1N1CCCCC1. The number of carbonyl (C=O) groups is 1. The highest BCUT2D eigenvalue weighted by molar-refractivity contribution is 7.17. The van der Waals surface area contributed by atoms with E-state index in [1.165, 1.54) is 41.9 Å². The highest BCUT2D eigenvalue weighted by Crippen LogP contribution is 2.29. The molecule has 1 aliphatic heterocycles. The van der Waals surface area contributed by atoms with Crippen LogP contribution in [-0.4, -0.2) is 40.9 Å². The fourth-order valence-electron chi connectivity index (χ4n) is 3.78. The summed E-state index contributed by atoms with van der Waals surface area (Å²) in [5, 5.41) is 0.786. The molecule has 2 aromatic heterocycles. The van der Waals surface area contributed by atoms with E-state index in [-0.39, 0.29) is 5.91 Å². The van der Waals surface area contributed by atoms with Gasteiger partial charge >= 0.3 is 0 Å². The van der Waals surface area contributed by atoms with E-state index in [0.717, 1.165) is 29.5 Å². The number of benzene rings is 1. The van der Waals surface area contributed by atoms with Gasteiger partial charge in [-0.15, -0.1) is 11.3 Å². The smallest absolute Gasteiger partial charge is 0.265 e. The molecule has 3 heterocycles. The number of hydrogen-bond acceptors (Lipinski definition) is 5. The molecule has 0 bridgehead atoms. The summed E-state index contributed by atoms with van der Waals surface area (Å²) in [7, 11) is 1.87. The van der Waals surface area contributed by atoms with E-state index < -0.39 is 0 Å². The van der Waals surface area contributed by atoms with Gasteiger partial charge < -0.3 is 9.80 Å². The summed E-state index contributed by atoms with van der Waals surface area (Å²) < 4.78 is 0. The summed E-state index contributed by atoms with van der Waals surface area (Å²) in [6.45, 7) is 4.67. The summed E-state index contributed by atoms with van der Waals surface area (Å²) in [6.07, 6.45) is 5.52. The largest absolute Gasteiger partial charge is 0.371 e. The first-order valence-corrected chi connectivity index (χ1v) is 10.9. The number of para-hydroxylation sites is 1. The van der Waals surface area contributed by atoms with Crippen LogP contribution in [0.3, 0.4) is 0 Å². The van der Waals surface area contributed by atoms with E-state index in [0.29, 0.717) is 11.4 Å². The molecule has 29 heavy (non-hydrogen) atoms. The maximum absolute atomic E-state index is 13.2. The molecule has 5 nitrogen and oxygen atoms in total. The van der Waals surface area contributed by atoms with Crippen LogP contribution in [0.4, 0.5) is 5.69 Å². The number of anilines is 1. The lowest BCUT2D eigenvalue weighted by molar-refractivity contribution is 0.0789. The molecule has 0 unspecified atom stereocenters. The quantitative estimate of drug-likeness (QED) is 0.612. The first kappa shape index (κ1) is 19.6. The molecule has 4 rings (SSSR count). The van der Waals surface area contributed by atoms with E-state index in [1.54, 1.807) is 11.1 Å². The van der Waals surface area contributed by atoms with Crippen LogP contribution < -0.4 is 4.90 Å². The molecular weight excluding hydrogens is 380 g/mol. The number of thiazole rings is 1. The minimum Gasteiger partial charge on any atom is -0.371 e. The molecule has 6 heteroatoms. The Kier molecular flexibility index (Phi) is 5.90. The minimum absolute atomic E-state index is 0.00984. The maximum Gasteiger partial charge on any atom is 0.265 e. The zero-order valence-corrected chi connectivity index (χ0v) is 17.8. The Labute approximate surface area is 176 Å². The lowest BCUT2D eigenvalue weighted by Gasteiger charge is -2.31. The number of piperidine rings is 1. The van der Waals surface area contributed by atoms with Crippen LogP contribution in [0.1, 0.15) is 40.2 Å². The zero-order valence-electron chi connectivity index (χ0n) is 17.0. The predicted octanol–water partition coefficient (Wildman–Crippen LogP) is 4.78. The van der Waals surface area contributed by atoms with Gasteiger partial charge in [0.25, 0.3) is 5.91 Å². The lowest BCUT2D eigenvalue weighted by atomic mass is 10.1. The predicted molar refractivity (Wildman–Crippen MR) is 118 cm³/mol. The van der Waals surface area contributed by atoms with Crippen LogP contribution in [0, 0.1) is 6.92 Å². The van der Waals surface area contributed by atoms with Crippen LogP contribution in [0.2, 0.25) is 0 Å². The first-order chi connectivity index (χ1) is 14.1. The summed E-state index contributed by atoms with van der Waals surface area (Å²) in [6, 6.07) is 14.2. The second kappa shape index (κ2) is 8.74. The number of aromatic nitrogens is 2. The van der Waals surface area contributed by atoms with E-state index in [2.05, 4.69) is 39.1 Å². The van der Waals surface area contributed by atoms with Gasteiger partial charge in [-0.25, -0.2) is 4.98 Å². The third-order valence-electron chi connectivity index (χ3n) is 5.32. The van der Waals surface area contributed by atoms with Crippen molar-refractivity contribution in [1.29, 1.82) is 0 Å². The van der Waals surface area contributed by atoms with Crippen molar-refractivity contribution in [2.75, 3.05) is 25.0 Å². The van der Waals surface area contributed by atoms with Crippen molar-refractivity contribution in [3.8, 4) is 10.7 Å². The van der Waals surface area contributed by atoms with Crippen molar-refractivity contribution in [2.24, 2.45) is 0 Å². The summed E-state index contributed by atoms with van der Waals surface area (Å²) in [4.78, 5) is 27.0. The van der Waals surface area contributed by atoms with Crippen molar-refractivity contribution in [3.63, 3.8) is 0 Å². The third-order valence-corrected chi connectivity index (χ3v) is 6.49. The van der Waals surface area contributed by atoms with Gasteiger partial charge in [0.2, 0.25) is 0 Å². The lowest BCUT2D eigenvalue weighted by Crippen LogP contribution is -2.32. The molecule has 0 spiro atoms. The van der Waals surface area contributed by atoms with E-state index >= 15 is 0 Å². The highest BCUT2D eigenvalue weighted by atomic mass is 32.1. The Morgan fingerprint density at radius 2 is 1.86 bits per heavy atom. The number of nitrogens with zero attached hydrogens (tertiary/aromatic N) is 4. The molecule has 1 fully saturated rings. The van der Waals surface area contributed by atoms with Crippen molar-refractivity contribution in [1.82, 2.24) is 14.9 Å². The highest BCUT2D eigenvalue weighted by Gasteiger charge is 2.22. The van der Waals surface area contributed by atoms with Crippen LogP contribution >= 0.6 is 11.3 Å². The third kappa shape index (κ3) is 4.32. The van der Waals surface area contributed by atoms with E-state index in [9.17, 15) is 4.79 Å². The molecule has 1 aromatic carbocycles. The maximum atomic E-state index is 13.2. The van der Waals surface area contributed by atoms with Gasteiger partial charge in [0, 0.05) is 38.6 Å². The molecule has 1 saturated heterocycles. The molecule has 0 radical (unpaired) electrons. The van der Waals surface area contributed by atoms with Gasteiger partial charge in [-0.3, -0.25) is 9.78 Å². The van der Waals surface area contributed by atoms with Crippen molar-refractivity contribution in [3.05, 3.63) is 64.8 Å². The summed E-state index contributed by atoms with van der Waals surface area (Å²) >= 11 is 1.42. The molecule has 0 saturated carbocycles. The van der Waals surface area contributed by atoms with Gasteiger partial charge in [-0.2, -0.15) is 0 Å². The Balaban J connectivity index is 1.53. The number of carbonyl (C=O) groups excluding carboxylic acids is 1. The summed E-state index contributed by atoms with van der Waals surface area (Å²) in [5.74, 6) is 0.00984. The second-order valence-electron chi connectivity index (χ2n) is 7.49. The van der Waals surface area contributed by atoms with Gasteiger partial charge in [0.15, 0.2) is 0 Å². The second-order valence-corrected chi connectivity index (χ2v) is 8.49. The Morgan fingerprint density at radius 1 is 1.10 bits per heavy atom. The summed E-state index contributed by atoms with van der Waals surface area (Å²) in [5.41, 5.74) is 4.01. The molecule has 0 N–H and O–H groups in total. The number of rotatable bonds is 5. The number of amides is 1. The molecule has 3 aromatic rings. The first-order valence-electron chi connectivity index (χ1n) is 10.1. The van der Waals surface area contributed by atoms with Gasteiger partial charge in [-0.05, 0) is 49.9 Å². The Hall–Kier alpha value is -2.73. The molecule has 0 atom stereocenters. The number of aryl methyl sites for hydroxylation is 1. The zero-order chi connectivity index (χ0) is 20.2. The van der Waals surface area contributed by atoms with E-state index in [1.807, 2.05) is 32.2 Å².